The van der Waals surface area contributed by atoms with Crippen molar-refractivity contribution in [1.82, 2.24) is 0 Å². The first-order valence-electron chi connectivity index (χ1n) is 22.5. The van der Waals surface area contributed by atoms with Gasteiger partial charge in [-0.25, -0.2) is 0 Å². The lowest BCUT2D eigenvalue weighted by Crippen LogP contribution is -2.31. The highest BCUT2D eigenvalue weighted by atomic mass is 16.3. The molecule has 0 saturated heterocycles. The molecule has 10 aromatic rings. The van der Waals surface area contributed by atoms with Crippen LogP contribution in [-0.4, -0.2) is 6.04 Å². The Morgan fingerprint density at radius 3 is 1.58 bits per heavy atom. The first-order valence-corrected chi connectivity index (χ1v) is 22.5. The molecule has 0 fully saturated rings. The van der Waals surface area contributed by atoms with Gasteiger partial charge in [0, 0.05) is 67.0 Å². The number of allylic oxidation sites excluding steroid dienone is 5. The van der Waals surface area contributed by atoms with Crippen molar-refractivity contribution in [3.8, 4) is 11.1 Å². The van der Waals surface area contributed by atoms with Crippen LogP contribution in [0.1, 0.15) is 42.7 Å². The van der Waals surface area contributed by atoms with Crippen molar-refractivity contribution in [3.05, 3.63) is 235 Å². The van der Waals surface area contributed by atoms with E-state index in [-0.39, 0.29) is 6.04 Å². The van der Waals surface area contributed by atoms with Gasteiger partial charge in [0.05, 0.1) is 6.04 Å². The van der Waals surface area contributed by atoms with E-state index in [1.807, 2.05) is 18.2 Å². The Hall–Kier alpha value is -7.82. The van der Waals surface area contributed by atoms with E-state index in [2.05, 4.69) is 210 Å². The van der Waals surface area contributed by atoms with Gasteiger partial charge in [-0.2, -0.15) is 0 Å². The monoisotopic (exact) mass is 826 g/mol. The van der Waals surface area contributed by atoms with Crippen LogP contribution in [0, 0.1) is 0 Å². The molecule has 2 aromatic heterocycles. The molecule has 0 saturated carbocycles. The maximum atomic E-state index is 6.42. The van der Waals surface area contributed by atoms with Crippen LogP contribution in [-0.2, 0) is 0 Å². The lowest BCUT2D eigenvalue weighted by molar-refractivity contribution is 0.586. The summed E-state index contributed by atoms with van der Waals surface area (Å²) in [6.45, 7) is 0. The van der Waals surface area contributed by atoms with Crippen LogP contribution in [0.2, 0.25) is 0 Å². The Morgan fingerprint density at radius 1 is 0.406 bits per heavy atom. The minimum Gasteiger partial charge on any atom is -0.455 e. The molecule has 0 spiro atoms. The zero-order valence-corrected chi connectivity index (χ0v) is 35.5. The van der Waals surface area contributed by atoms with Crippen molar-refractivity contribution in [2.45, 2.75) is 37.6 Å². The third kappa shape index (κ3) is 6.79. The third-order valence-electron chi connectivity index (χ3n) is 13.3. The molecule has 2 unspecified atom stereocenters. The van der Waals surface area contributed by atoms with Gasteiger partial charge in [0.25, 0.3) is 0 Å². The lowest BCUT2D eigenvalue weighted by atomic mass is 9.86. The summed E-state index contributed by atoms with van der Waals surface area (Å²) in [5.41, 5.74) is 15.8. The fourth-order valence-electron chi connectivity index (χ4n) is 10.2. The predicted molar refractivity (Wildman–Crippen MR) is 267 cm³/mol. The molecule has 2 aliphatic carbocycles. The number of hydrogen-bond donors (Lipinski definition) is 0. The molecule has 0 amide bonds. The Bertz CT molecular complexity index is 3390. The van der Waals surface area contributed by atoms with Crippen molar-refractivity contribution in [2.24, 2.45) is 0 Å². The summed E-state index contributed by atoms with van der Waals surface area (Å²) in [6.07, 6.45) is 13.4. The molecular formula is C60H46N2O2. The van der Waals surface area contributed by atoms with Gasteiger partial charge >= 0.3 is 0 Å². The Balaban J connectivity index is 0.805. The lowest BCUT2D eigenvalue weighted by Gasteiger charge is -2.35. The van der Waals surface area contributed by atoms with Crippen LogP contribution in [0.4, 0.5) is 22.7 Å². The maximum Gasteiger partial charge on any atom is 0.143 e. The van der Waals surface area contributed by atoms with Gasteiger partial charge in [0.2, 0.25) is 0 Å². The molecule has 2 atom stereocenters. The van der Waals surface area contributed by atoms with E-state index >= 15 is 0 Å². The van der Waals surface area contributed by atoms with Crippen molar-refractivity contribution in [1.29, 1.82) is 0 Å². The van der Waals surface area contributed by atoms with Gasteiger partial charge in [-0.15, -0.1) is 0 Å². The van der Waals surface area contributed by atoms with Gasteiger partial charge in [-0.1, -0.05) is 152 Å². The molecule has 8 aromatic carbocycles. The van der Waals surface area contributed by atoms with E-state index in [4.69, 9.17) is 8.83 Å². The van der Waals surface area contributed by atoms with Crippen molar-refractivity contribution in [3.63, 3.8) is 0 Å². The molecule has 0 radical (unpaired) electrons. The molecule has 2 heterocycles. The largest absolute Gasteiger partial charge is 0.455 e. The van der Waals surface area contributed by atoms with E-state index in [1.54, 1.807) is 0 Å². The van der Waals surface area contributed by atoms with Crippen LogP contribution in [0.15, 0.2) is 233 Å². The first kappa shape index (κ1) is 37.9. The zero-order valence-electron chi connectivity index (χ0n) is 35.5. The van der Waals surface area contributed by atoms with Crippen LogP contribution in [0.3, 0.4) is 0 Å². The minimum absolute atomic E-state index is 0.228. The number of rotatable bonds is 9. The highest BCUT2D eigenvalue weighted by Crippen LogP contribution is 2.42. The minimum atomic E-state index is 0.228. The highest BCUT2D eigenvalue weighted by Gasteiger charge is 2.26. The van der Waals surface area contributed by atoms with Crippen LogP contribution in [0.25, 0.3) is 60.6 Å². The number of para-hydroxylation sites is 6. The van der Waals surface area contributed by atoms with Crippen LogP contribution < -0.4 is 9.80 Å². The average molecular weight is 827 g/mol. The number of anilines is 4. The van der Waals surface area contributed by atoms with Gasteiger partial charge < -0.3 is 18.6 Å². The average Bonchev–Trinajstić information content (AvgIpc) is 3.95. The summed E-state index contributed by atoms with van der Waals surface area (Å²) in [7, 11) is 0. The molecule has 4 nitrogen and oxygen atoms in total. The van der Waals surface area contributed by atoms with Gasteiger partial charge in [0.15, 0.2) is 0 Å². The number of benzene rings is 8. The molecule has 2 aliphatic rings. The highest BCUT2D eigenvalue weighted by molar-refractivity contribution is 6.10. The summed E-state index contributed by atoms with van der Waals surface area (Å²) in [5, 5.41) is 4.64. The van der Waals surface area contributed by atoms with E-state index in [0.717, 1.165) is 69.9 Å². The molecule has 12 rings (SSSR count). The number of nitrogens with zero attached hydrogens (tertiary/aromatic N) is 2. The second-order valence-corrected chi connectivity index (χ2v) is 17.1. The number of hydrogen-bond acceptors (Lipinski definition) is 4. The number of fused-ring (bicyclic) bond motifs is 6. The second-order valence-electron chi connectivity index (χ2n) is 17.1. The molecule has 64 heavy (non-hydrogen) atoms. The third-order valence-corrected chi connectivity index (χ3v) is 13.3. The SMILES string of the molecule is C1=CC(N(c2ccccc2)c2ccc(-c3cccc4c3oc3ccccc34)cc2)CCC1c1ccc(N(C2=CC=C(c3cccc4c3oc3ccccc34)CC2)c2ccccc2)cc1. The fraction of sp³-hybridized carbons (Fsp3) is 0.100. The van der Waals surface area contributed by atoms with Crippen LogP contribution >= 0.6 is 0 Å². The Labute approximate surface area is 373 Å². The molecule has 0 bridgehead atoms. The Kier molecular flexibility index (Phi) is 9.56. The van der Waals surface area contributed by atoms with E-state index in [9.17, 15) is 0 Å². The van der Waals surface area contributed by atoms with E-state index < -0.39 is 0 Å². The predicted octanol–water partition coefficient (Wildman–Crippen LogP) is 16.7. The quantitative estimate of drug-likeness (QED) is 0.136. The second kappa shape index (κ2) is 16.1. The first-order chi connectivity index (χ1) is 31.7. The van der Waals surface area contributed by atoms with Crippen molar-refractivity contribution in [2.75, 3.05) is 9.80 Å². The van der Waals surface area contributed by atoms with Gasteiger partial charge in [0.1, 0.15) is 22.3 Å². The van der Waals surface area contributed by atoms with E-state index in [0.29, 0.717) is 5.92 Å². The number of furan rings is 2. The fourth-order valence-corrected chi connectivity index (χ4v) is 10.2. The summed E-state index contributed by atoms with van der Waals surface area (Å²) in [4.78, 5) is 4.92. The smallest absolute Gasteiger partial charge is 0.143 e. The molecular weight excluding hydrogens is 781 g/mol. The molecule has 0 aliphatic heterocycles. The summed E-state index contributed by atoms with van der Waals surface area (Å²) in [5.74, 6) is 0.347. The Morgan fingerprint density at radius 2 is 0.953 bits per heavy atom. The molecule has 308 valence electrons. The van der Waals surface area contributed by atoms with Crippen molar-refractivity contribution < 1.29 is 8.83 Å². The van der Waals surface area contributed by atoms with Crippen molar-refractivity contribution >= 4 is 72.2 Å². The summed E-state index contributed by atoms with van der Waals surface area (Å²) < 4.78 is 12.8. The molecule has 0 N–H and O–H groups in total. The zero-order chi connectivity index (χ0) is 42.4. The maximum absolute atomic E-state index is 6.42. The standard InChI is InChI=1S/C60H46N2O2/c1-3-13-45(14-4-1)61(49-37-29-43(30-38-49)51-19-11-21-55-53-17-7-9-23-57(53)63-59(51)55)47-33-25-41(26-34-47)42-27-35-48(36-28-42)62(46-15-5-2-6-16-46)50-39-31-44(32-40-50)52-20-12-22-56-54-18-8-10-24-58(54)64-60(52)56/h1-27,29,31-35,37,39-40,42,48H,28,30,36,38H2. The van der Waals surface area contributed by atoms with Gasteiger partial charge in [-0.05, 0) is 109 Å². The topological polar surface area (TPSA) is 32.8 Å². The normalized spacial score (nSPS) is 16.3. The summed E-state index contributed by atoms with van der Waals surface area (Å²) >= 11 is 0. The van der Waals surface area contributed by atoms with Gasteiger partial charge in [-0.3, -0.25) is 0 Å². The summed E-state index contributed by atoms with van der Waals surface area (Å²) in [6, 6.07) is 69.7. The molecule has 4 heteroatoms. The van der Waals surface area contributed by atoms with E-state index in [1.165, 1.54) is 55.9 Å². The van der Waals surface area contributed by atoms with Crippen LogP contribution in [0.5, 0.6) is 0 Å².